The van der Waals surface area contributed by atoms with Gasteiger partial charge in [-0.2, -0.15) is 0 Å². The molecule has 1 aliphatic heterocycles. The molecule has 29 heavy (non-hydrogen) atoms. The van der Waals surface area contributed by atoms with Crippen LogP contribution >= 0.6 is 23.2 Å². The zero-order valence-electron chi connectivity index (χ0n) is 16.1. The third kappa shape index (κ3) is 5.34. The number of para-hydroxylation sites is 2. The number of carbonyl (C=O) groups excluding carboxylic acids is 2. The van der Waals surface area contributed by atoms with Crippen LogP contribution in [0.25, 0.3) is 0 Å². The molecule has 0 bridgehead atoms. The smallest absolute Gasteiger partial charge is 0.253 e. The van der Waals surface area contributed by atoms with E-state index in [0.29, 0.717) is 23.1 Å². The summed E-state index contributed by atoms with van der Waals surface area (Å²) in [4.78, 5) is 25.3. The summed E-state index contributed by atoms with van der Waals surface area (Å²) in [5.74, 6) is 0.452. The number of halogens is 2. The summed E-state index contributed by atoms with van der Waals surface area (Å²) in [6, 6.07) is 11.2. The zero-order chi connectivity index (χ0) is 21.0. The fourth-order valence-electron chi connectivity index (χ4n) is 2.92. The minimum Gasteiger partial charge on any atom is -0.486 e. The van der Waals surface area contributed by atoms with E-state index in [4.69, 9.17) is 32.7 Å². The van der Waals surface area contributed by atoms with Crippen molar-refractivity contribution in [3.05, 3.63) is 58.1 Å². The molecule has 8 heteroatoms. The Hall–Kier alpha value is -2.44. The Morgan fingerprint density at radius 2 is 1.86 bits per heavy atom. The molecule has 2 aromatic rings. The molecule has 0 saturated heterocycles. The van der Waals surface area contributed by atoms with Crippen molar-refractivity contribution in [3.63, 3.8) is 0 Å². The molecule has 6 nitrogen and oxygen atoms in total. The fraction of sp³-hybridized carbons (Fsp3) is 0.333. The van der Waals surface area contributed by atoms with Crippen molar-refractivity contribution in [1.82, 2.24) is 10.6 Å². The highest BCUT2D eigenvalue weighted by molar-refractivity contribution is 6.36. The van der Waals surface area contributed by atoms with E-state index in [9.17, 15) is 9.59 Å². The van der Waals surface area contributed by atoms with Gasteiger partial charge in [-0.25, -0.2) is 0 Å². The summed E-state index contributed by atoms with van der Waals surface area (Å²) >= 11 is 12.0. The van der Waals surface area contributed by atoms with E-state index in [-0.39, 0.29) is 35.1 Å². The highest BCUT2D eigenvalue weighted by atomic mass is 35.5. The van der Waals surface area contributed by atoms with E-state index in [1.165, 1.54) is 12.1 Å². The molecule has 0 spiro atoms. The van der Waals surface area contributed by atoms with Crippen molar-refractivity contribution < 1.29 is 19.1 Å². The van der Waals surface area contributed by atoms with Crippen LogP contribution in [0, 0.1) is 5.92 Å². The molecule has 2 N–H and O–H groups in total. The maximum absolute atomic E-state index is 12.7. The third-order valence-corrected chi connectivity index (χ3v) is 5.03. The lowest BCUT2D eigenvalue weighted by Crippen LogP contribution is -2.52. The van der Waals surface area contributed by atoms with Crippen LogP contribution in [0.2, 0.25) is 10.0 Å². The maximum Gasteiger partial charge on any atom is 0.253 e. The van der Waals surface area contributed by atoms with Crippen LogP contribution in [-0.2, 0) is 4.79 Å². The normalized spacial score (nSPS) is 16.2. The van der Waals surface area contributed by atoms with Gasteiger partial charge in [0.1, 0.15) is 18.8 Å². The van der Waals surface area contributed by atoms with E-state index in [2.05, 4.69) is 10.6 Å². The average molecular weight is 437 g/mol. The Morgan fingerprint density at radius 1 is 1.14 bits per heavy atom. The van der Waals surface area contributed by atoms with Gasteiger partial charge in [0.2, 0.25) is 5.91 Å². The molecule has 2 amide bonds. The van der Waals surface area contributed by atoms with Crippen molar-refractivity contribution in [1.29, 1.82) is 0 Å². The number of fused-ring (bicyclic) bond motifs is 1. The molecule has 1 heterocycles. The number of carbonyl (C=O) groups is 2. The highest BCUT2D eigenvalue weighted by Gasteiger charge is 2.27. The molecule has 0 aliphatic carbocycles. The number of benzene rings is 2. The molecule has 0 saturated carbocycles. The minimum absolute atomic E-state index is 0.130. The van der Waals surface area contributed by atoms with Crippen LogP contribution in [0.15, 0.2) is 42.5 Å². The summed E-state index contributed by atoms with van der Waals surface area (Å²) in [5, 5.41) is 6.24. The zero-order valence-corrected chi connectivity index (χ0v) is 17.6. The van der Waals surface area contributed by atoms with Gasteiger partial charge in [-0.3, -0.25) is 9.59 Å². The molecule has 0 fully saturated rings. The van der Waals surface area contributed by atoms with E-state index in [1.54, 1.807) is 6.07 Å². The Labute approximate surface area is 179 Å². The SMILES string of the molecule is CC(C)[C@@H](NC(=O)c1ccc(Cl)cc1Cl)C(=O)NC[C@H]1COc2ccccc2O1. The number of ether oxygens (including phenoxy) is 2. The Kier molecular flexibility index (Phi) is 6.87. The summed E-state index contributed by atoms with van der Waals surface area (Å²) in [7, 11) is 0. The quantitative estimate of drug-likeness (QED) is 0.723. The van der Waals surface area contributed by atoms with Gasteiger partial charge in [0.15, 0.2) is 11.5 Å². The average Bonchev–Trinajstić information content (AvgIpc) is 2.69. The summed E-state index contributed by atoms with van der Waals surface area (Å²) in [6.07, 6.45) is -0.317. The first kappa shape index (κ1) is 21.3. The predicted molar refractivity (Wildman–Crippen MR) is 112 cm³/mol. The predicted octanol–water partition coefficient (Wildman–Crippen LogP) is 3.70. The first-order valence-corrected chi connectivity index (χ1v) is 10.0. The lowest BCUT2D eigenvalue weighted by Gasteiger charge is -2.28. The minimum atomic E-state index is -0.731. The lowest BCUT2D eigenvalue weighted by molar-refractivity contribution is -0.124. The van der Waals surface area contributed by atoms with Gasteiger partial charge in [-0.05, 0) is 36.2 Å². The van der Waals surface area contributed by atoms with Crippen LogP contribution in [0.5, 0.6) is 11.5 Å². The van der Waals surface area contributed by atoms with Crippen molar-refractivity contribution >= 4 is 35.0 Å². The van der Waals surface area contributed by atoms with Crippen LogP contribution in [0.3, 0.4) is 0 Å². The van der Waals surface area contributed by atoms with Crippen LogP contribution < -0.4 is 20.1 Å². The molecular weight excluding hydrogens is 415 g/mol. The second-order valence-corrected chi connectivity index (χ2v) is 7.91. The lowest BCUT2D eigenvalue weighted by atomic mass is 10.0. The van der Waals surface area contributed by atoms with Crippen LogP contribution in [0.4, 0.5) is 0 Å². The first-order chi connectivity index (χ1) is 13.8. The molecule has 154 valence electrons. The van der Waals surface area contributed by atoms with Crippen molar-refractivity contribution in [2.75, 3.05) is 13.2 Å². The maximum atomic E-state index is 12.7. The van der Waals surface area contributed by atoms with E-state index < -0.39 is 11.9 Å². The molecule has 3 rings (SSSR count). The molecule has 0 unspecified atom stereocenters. The monoisotopic (exact) mass is 436 g/mol. The van der Waals surface area contributed by atoms with Crippen molar-refractivity contribution in [2.24, 2.45) is 5.92 Å². The second kappa shape index (κ2) is 9.37. The van der Waals surface area contributed by atoms with Gasteiger partial charge < -0.3 is 20.1 Å². The van der Waals surface area contributed by atoms with Gasteiger partial charge >= 0.3 is 0 Å². The summed E-state index contributed by atoms with van der Waals surface area (Å²) < 4.78 is 11.5. The fourth-order valence-corrected chi connectivity index (χ4v) is 3.41. The van der Waals surface area contributed by atoms with Gasteiger partial charge in [-0.1, -0.05) is 49.2 Å². The molecule has 0 radical (unpaired) electrons. The third-order valence-electron chi connectivity index (χ3n) is 4.48. The van der Waals surface area contributed by atoms with Gasteiger partial charge in [-0.15, -0.1) is 0 Å². The second-order valence-electron chi connectivity index (χ2n) is 7.06. The first-order valence-electron chi connectivity index (χ1n) is 9.27. The standard InChI is InChI=1S/C21H22Cl2N2O4/c1-12(2)19(25-20(26)15-8-7-13(22)9-16(15)23)21(27)24-10-14-11-28-17-5-3-4-6-18(17)29-14/h3-9,12,14,19H,10-11H2,1-2H3,(H,24,27)(H,25,26)/t14-,19+/m0/s1. The summed E-state index contributed by atoms with van der Waals surface area (Å²) in [6.45, 7) is 4.29. The van der Waals surface area contributed by atoms with Crippen LogP contribution in [-0.4, -0.2) is 37.1 Å². The number of amides is 2. The highest BCUT2D eigenvalue weighted by Crippen LogP contribution is 2.30. The Bertz CT molecular complexity index is 904. The van der Waals surface area contributed by atoms with Crippen molar-refractivity contribution in [3.8, 4) is 11.5 Å². The van der Waals surface area contributed by atoms with E-state index in [1.807, 2.05) is 38.1 Å². The number of hydrogen-bond donors (Lipinski definition) is 2. The number of rotatable bonds is 6. The topological polar surface area (TPSA) is 76.7 Å². The molecule has 0 aromatic heterocycles. The summed E-state index contributed by atoms with van der Waals surface area (Å²) in [5.41, 5.74) is 0.259. The van der Waals surface area contributed by atoms with E-state index in [0.717, 1.165) is 0 Å². The van der Waals surface area contributed by atoms with Gasteiger partial charge in [0.05, 0.1) is 17.1 Å². The van der Waals surface area contributed by atoms with Crippen molar-refractivity contribution in [2.45, 2.75) is 26.0 Å². The van der Waals surface area contributed by atoms with E-state index >= 15 is 0 Å². The number of nitrogens with one attached hydrogen (secondary N) is 2. The van der Waals surface area contributed by atoms with Crippen LogP contribution in [0.1, 0.15) is 24.2 Å². The van der Waals surface area contributed by atoms with Gasteiger partial charge in [0, 0.05) is 5.02 Å². The molecule has 2 aromatic carbocycles. The molecule has 2 atom stereocenters. The number of hydrogen-bond acceptors (Lipinski definition) is 4. The molecule has 1 aliphatic rings. The van der Waals surface area contributed by atoms with Gasteiger partial charge in [0.25, 0.3) is 5.91 Å². The molecular formula is C21H22Cl2N2O4. The Morgan fingerprint density at radius 3 is 2.55 bits per heavy atom. The largest absolute Gasteiger partial charge is 0.486 e. The Balaban J connectivity index is 1.59.